The van der Waals surface area contributed by atoms with Crippen LogP contribution in [0.4, 0.5) is 13.2 Å². The number of carbonyl (C=O) groups is 1. The van der Waals surface area contributed by atoms with E-state index in [4.69, 9.17) is 5.11 Å². The molecule has 2 nitrogen and oxygen atoms in total. The maximum absolute atomic E-state index is 12.6. The molecule has 0 aliphatic rings. The molecule has 0 amide bonds. The van der Waals surface area contributed by atoms with Crippen molar-refractivity contribution in [1.82, 2.24) is 0 Å². The van der Waals surface area contributed by atoms with Gasteiger partial charge in [-0.3, -0.25) is 4.79 Å². The lowest BCUT2D eigenvalue weighted by atomic mass is 10.00. The molecule has 0 spiro atoms. The first-order valence-corrected chi connectivity index (χ1v) is 3.79. The van der Waals surface area contributed by atoms with Gasteiger partial charge in [0, 0.05) is 0 Å². The van der Waals surface area contributed by atoms with E-state index in [-0.39, 0.29) is 5.56 Å². The molecule has 0 aliphatic heterocycles. The van der Waals surface area contributed by atoms with Crippen molar-refractivity contribution in [1.29, 1.82) is 0 Å². The van der Waals surface area contributed by atoms with E-state index in [1.54, 1.807) is 0 Å². The van der Waals surface area contributed by atoms with E-state index >= 15 is 0 Å². The molecule has 1 unspecified atom stereocenters. The van der Waals surface area contributed by atoms with Gasteiger partial charge in [0.1, 0.15) is 11.7 Å². The summed E-state index contributed by atoms with van der Waals surface area (Å²) in [6, 6.07) is 4.22. The second-order valence-corrected chi connectivity index (χ2v) is 2.71. The third-order valence-electron chi connectivity index (χ3n) is 1.73. The lowest BCUT2D eigenvalue weighted by molar-refractivity contribution is -0.142. The summed E-state index contributed by atoms with van der Waals surface area (Å²) in [5, 5.41) is 8.49. The Morgan fingerprint density at radius 3 is 2.43 bits per heavy atom. The second kappa shape index (κ2) is 4.13. The molecule has 1 rings (SSSR count). The molecule has 0 fully saturated rings. The number of aliphatic carboxylic acids is 1. The first-order valence-electron chi connectivity index (χ1n) is 3.79. The molecule has 1 aromatic rings. The molecule has 0 saturated heterocycles. The summed E-state index contributed by atoms with van der Waals surface area (Å²) in [7, 11) is 0. The van der Waals surface area contributed by atoms with Gasteiger partial charge in [0.05, 0.1) is 0 Å². The Labute approximate surface area is 78.0 Å². The Balaban J connectivity index is 3.05. The van der Waals surface area contributed by atoms with Crippen LogP contribution in [0.25, 0.3) is 0 Å². The van der Waals surface area contributed by atoms with Gasteiger partial charge in [0.15, 0.2) is 0 Å². The highest BCUT2D eigenvalue weighted by molar-refractivity contribution is 5.76. The number of rotatable bonds is 3. The molecule has 5 heteroatoms. The second-order valence-electron chi connectivity index (χ2n) is 2.71. The van der Waals surface area contributed by atoms with Gasteiger partial charge >= 0.3 is 5.97 Å². The fourth-order valence-corrected chi connectivity index (χ4v) is 1.10. The van der Waals surface area contributed by atoms with Gasteiger partial charge in [0.2, 0.25) is 0 Å². The summed E-state index contributed by atoms with van der Waals surface area (Å²) in [5.41, 5.74) is -0.229. The zero-order valence-electron chi connectivity index (χ0n) is 6.95. The molecule has 0 aromatic heterocycles. The number of carboxylic acids is 1. The zero-order valence-corrected chi connectivity index (χ0v) is 6.95. The third kappa shape index (κ3) is 2.25. The molecular weight excluding hydrogens is 197 g/mol. The Hall–Kier alpha value is -1.52. The molecule has 0 radical (unpaired) electrons. The average Bonchev–Trinajstić information content (AvgIpc) is 2.02. The van der Waals surface area contributed by atoms with Gasteiger partial charge in [-0.25, -0.2) is 13.2 Å². The molecule has 0 saturated carbocycles. The minimum absolute atomic E-state index is 0.229. The smallest absolute Gasteiger partial charge is 0.316 e. The van der Waals surface area contributed by atoms with Crippen LogP contribution < -0.4 is 0 Å². The Kier molecular flexibility index (Phi) is 3.11. The maximum atomic E-state index is 12.6. The first-order chi connectivity index (χ1) is 6.52. The molecule has 14 heavy (non-hydrogen) atoms. The van der Waals surface area contributed by atoms with Gasteiger partial charge in [-0.1, -0.05) is 12.1 Å². The molecule has 0 heterocycles. The SMILES string of the molecule is O=C(O)C(c1cccc(F)c1)C(F)F. The lowest BCUT2D eigenvalue weighted by Crippen LogP contribution is -2.19. The van der Waals surface area contributed by atoms with E-state index in [2.05, 4.69) is 0 Å². The molecule has 1 N–H and O–H groups in total. The van der Waals surface area contributed by atoms with E-state index in [9.17, 15) is 18.0 Å². The van der Waals surface area contributed by atoms with E-state index in [1.165, 1.54) is 6.07 Å². The summed E-state index contributed by atoms with van der Waals surface area (Å²) in [6.07, 6.45) is -3.05. The third-order valence-corrected chi connectivity index (χ3v) is 1.73. The predicted molar refractivity (Wildman–Crippen MR) is 42.8 cm³/mol. The van der Waals surface area contributed by atoms with E-state index in [0.717, 1.165) is 18.2 Å². The number of alkyl halides is 2. The van der Waals surface area contributed by atoms with Gasteiger partial charge in [0.25, 0.3) is 6.43 Å². The number of benzene rings is 1. The molecular formula is C9H7F3O2. The molecule has 1 atom stereocenters. The summed E-state index contributed by atoms with van der Waals surface area (Å²) in [6.45, 7) is 0. The topological polar surface area (TPSA) is 37.3 Å². The quantitative estimate of drug-likeness (QED) is 0.819. The number of carboxylic acid groups (broad SMARTS) is 1. The van der Waals surface area contributed by atoms with Gasteiger partial charge in [-0.05, 0) is 17.7 Å². The normalized spacial score (nSPS) is 12.9. The maximum Gasteiger partial charge on any atom is 0.316 e. The minimum Gasteiger partial charge on any atom is -0.481 e. The molecule has 1 aromatic carbocycles. The Bertz CT molecular complexity index is 339. The standard InChI is InChI=1S/C9H7F3O2/c10-6-3-1-2-5(4-6)7(8(11)12)9(13)14/h1-4,7-8H,(H,13,14). The fraction of sp³-hybridized carbons (Fsp3) is 0.222. The van der Waals surface area contributed by atoms with Crippen LogP contribution in [-0.2, 0) is 4.79 Å². The summed E-state index contributed by atoms with van der Waals surface area (Å²) in [5.74, 6) is -4.36. The van der Waals surface area contributed by atoms with Crippen molar-refractivity contribution in [2.75, 3.05) is 0 Å². The van der Waals surface area contributed by atoms with Crippen LogP contribution in [0.3, 0.4) is 0 Å². The van der Waals surface area contributed by atoms with Gasteiger partial charge in [-0.2, -0.15) is 0 Å². The molecule has 76 valence electrons. The highest BCUT2D eigenvalue weighted by Gasteiger charge is 2.29. The number of halogens is 3. The van der Waals surface area contributed by atoms with Gasteiger partial charge < -0.3 is 5.11 Å². The predicted octanol–water partition coefficient (Wildman–Crippen LogP) is 2.26. The van der Waals surface area contributed by atoms with E-state index < -0.39 is 24.1 Å². The first kappa shape index (κ1) is 10.6. The van der Waals surface area contributed by atoms with Crippen molar-refractivity contribution in [3.8, 4) is 0 Å². The Morgan fingerprint density at radius 1 is 1.36 bits per heavy atom. The van der Waals surface area contributed by atoms with E-state index in [1.807, 2.05) is 0 Å². The van der Waals surface area contributed by atoms with Crippen LogP contribution in [0.2, 0.25) is 0 Å². The van der Waals surface area contributed by atoms with Crippen LogP contribution in [0.1, 0.15) is 11.5 Å². The lowest BCUT2D eigenvalue weighted by Gasteiger charge is -2.10. The number of hydrogen-bond acceptors (Lipinski definition) is 1. The molecule has 0 bridgehead atoms. The van der Waals surface area contributed by atoms with Crippen LogP contribution in [0.15, 0.2) is 24.3 Å². The zero-order chi connectivity index (χ0) is 10.7. The monoisotopic (exact) mass is 204 g/mol. The Morgan fingerprint density at radius 2 is 2.00 bits per heavy atom. The highest BCUT2D eigenvalue weighted by atomic mass is 19.3. The van der Waals surface area contributed by atoms with Crippen molar-refractivity contribution in [2.24, 2.45) is 0 Å². The largest absolute Gasteiger partial charge is 0.481 e. The summed E-state index contributed by atoms with van der Waals surface area (Å²) < 4.78 is 37.1. The summed E-state index contributed by atoms with van der Waals surface area (Å²) >= 11 is 0. The van der Waals surface area contributed by atoms with Crippen molar-refractivity contribution < 1.29 is 23.1 Å². The van der Waals surface area contributed by atoms with Crippen molar-refractivity contribution in [2.45, 2.75) is 12.3 Å². The van der Waals surface area contributed by atoms with Crippen LogP contribution in [0, 0.1) is 5.82 Å². The van der Waals surface area contributed by atoms with E-state index in [0.29, 0.717) is 0 Å². The summed E-state index contributed by atoms with van der Waals surface area (Å²) in [4.78, 5) is 10.5. The minimum atomic E-state index is -3.05. The average molecular weight is 204 g/mol. The van der Waals surface area contributed by atoms with Gasteiger partial charge in [-0.15, -0.1) is 0 Å². The van der Waals surface area contributed by atoms with Crippen LogP contribution >= 0.6 is 0 Å². The fourth-order valence-electron chi connectivity index (χ4n) is 1.10. The highest BCUT2D eigenvalue weighted by Crippen LogP contribution is 2.23. The van der Waals surface area contributed by atoms with Crippen molar-refractivity contribution in [3.63, 3.8) is 0 Å². The molecule has 0 aliphatic carbocycles. The number of hydrogen-bond donors (Lipinski definition) is 1. The van der Waals surface area contributed by atoms with Crippen molar-refractivity contribution in [3.05, 3.63) is 35.6 Å². The van der Waals surface area contributed by atoms with Crippen LogP contribution in [-0.4, -0.2) is 17.5 Å². The van der Waals surface area contributed by atoms with Crippen molar-refractivity contribution >= 4 is 5.97 Å². The van der Waals surface area contributed by atoms with Crippen LogP contribution in [0.5, 0.6) is 0 Å².